The maximum absolute atomic E-state index is 6.33. The lowest BCUT2D eigenvalue weighted by Crippen LogP contribution is -2.25. The van der Waals surface area contributed by atoms with Crippen molar-refractivity contribution in [3.8, 4) is 0 Å². The van der Waals surface area contributed by atoms with Gasteiger partial charge in [-0.3, -0.25) is 0 Å². The van der Waals surface area contributed by atoms with Gasteiger partial charge in [-0.2, -0.15) is 0 Å². The third-order valence-corrected chi connectivity index (χ3v) is 5.34. The van der Waals surface area contributed by atoms with Gasteiger partial charge < -0.3 is 5.73 Å². The summed E-state index contributed by atoms with van der Waals surface area (Å²) in [5, 5.41) is 1.11. The number of hydrogen-bond donors (Lipinski definition) is 1. The lowest BCUT2D eigenvalue weighted by atomic mass is 10.0. The molecular formula is C18H22ClNS. The van der Waals surface area contributed by atoms with Crippen LogP contribution >= 0.6 is 23.4 Å². The van der Waals surface area contributed by atoms with E-state index in [1.54, 1.807) is 0 Å². The number of rotatable bonds is 6. The van der Waals surface area contributed by atoms with Gasteiger partial charge in [-0.15, -0.1) is 11.8 Å². The van der Waals surface area contributed by atoms with Crippen molar-refractivity contribution >= 4 is 23.4 Å². The van der Waals surface area contributed by atoms with E-state index in [2.05, 4.69) is 50.2 Å². The fourth-order valence-corrected chi connectivity index (χ4v) is 3.68. The van der Waals surface area contributed by atoms with Crippen molar-refractivity contribution in [2.75, 3.05) is 0 Å². The second-order valence-electron chi connectivity index (χ2n) is 5.34. The molecule has 21 heavy (non-hydrogen) atoms. The molecule has 0 aliphatic rings. The lowest BCUT2D eigenvalue weighted by molar-refractivity contribution is 0.634. The predicted octanol–water partition coefficient (Wildman–Crippen LogP) is 5.36. The molecule has 1 nitrogen and oxygen atoms in total. The van der Waals surface area contributed by atoms with Crippen LogP contribution in [0.1, 0.15) is 35.3 Å². The number of benzene rings is 2. The molecule has 2 aromatic rings. The molecule has 2 unspecified atom stereocenters. The normalized spacial score (nSPS) is 13.9. The van der Waals surface area contributed by atoms with E-state index < -0.39 is 0 Å². The minimum atomic E-state index is 0.171. The van der Waals surface area contributed by atoms with Gasteiger partial charge in [0.25, 0.3) is 0 Å². The summed E-state index contributed by atoms with van der Waals surface area (Å²) < 4.78 is 0. The average molecular weight is 320 g/mol. The van der Waals surface area contributed by atoms with Crippen LogP contribution in [0.4, 0.5) is 0 Å². The fraction of sp³-hybridized carbons (Fsp3) is 0.333. The molecule has 0 aliphatic carbocycles. The molecule has 0 saturated heterocycles. The number of aryl methyl sites for hydroxylation is 1. The van der Waals surface area contributed by atoms with E-state index in [9.17, 15) is 0 Å². The Labute approximate surface area is 136 Å². The number of hydrogen-bond acceptors (Lipinski definition) is 2. The van der Waals surface area contributed by atoms with Gasteiger partial charge in [-0.05, 0) is 36.6 Å². The number of halogens is 1. The van der Waals surface area contributed by atoms with Crippen LogP contribution in [0.3, 0.4) is 0 Å². The highest BCUT2D eigenvalue weighted by atomic mass is 35.5. The van der Waals surface area contributed by atoms with Gasteiger partial charge >= 0.3 is 0 Å². The van der Waals surface area contributed by atoms with Crippen molar-refractivity contribution < 1.29 is 0 Å². The van der Waals surface area contributed by atoms with Crippen molar-refractivity contribution in [2.24, 2.45) is 5.73 Å². The summed E-state index contributed by atoms with van der Waals surface area (Å²) in [5.74, 6) is 0.948. The minimum Gasteiger partial charge on any atom is -0.326 e. The molecule has 0 spiro atoms. The first-order valence-electron chi connectivity index (χ1n) is 7.28. The average Bonchev–Trinajstić information content (AvgIpc) is 2.50. The highest BCUT2D eigenvalue weighted by Crippen LogP contribution is 2.35. The maximum Gasteiger partial charge on any atom is 0.0451 e. The molecule has 0 radical (unpaired) electrons. The quantitative estimate of drug-likeness (QED) is 0.775. The molecule has 0 aliphatic heterocycles. The summed E-state index contributed by atoms with van der Waals surface area (Å²) in [6.07, 6.45) is 0.978. The fourth-order valence-electron chi connectivity index (χ4n) is 2.20. The molecule has 0 aromatic heterocycles. The zero-order valence-corrected chi connectivity index (χ0v) is 14.1. The summed E-state index contributed by atoms with van der Waals surface area (Å²) in [6, 6.07) is 16.9. The van der Waals surface area contributed by atoms with Crippen LogP contribution in [0.15, 0.2) is 48.5 Å². The third kappa shape index (κ3) is 4.77. The second kappa shape index (κ2) is 7.88. The van der Waals surface area contributed by atoms with Crippen LogP contribution < -0.4 is 5.73 Å². The summed E-state index contributed by atoms with van der Waals surface area (Å²) >= 11 is 7.84. The van der Waals surface area contributed by atoms with Gasteiger partial charge in [-0.1, -0.05) is 60.5 Å². The van der Waals surface area contributed by atoms with E-state index in [1.165, 1.54) is 16.7 Å². The molecule has 0 amide bonds. The van der Waals surface area contributed by atoms with Crippen molar-refractivity contribution in [1.29, 1.82) is 0 Å². The SMILES string of the molecule is CCC(N)C(SCc1ccc(Cl)cc1)c1ccc(C)cc1. The van der Waals surface area contributed by atoms with Gasteiger partial charge in [0.15, 0.2) is 0 Å². The number of nitrogens with two attached hydrogens (primary N) is 1. The van der Waals surface area contributed by atoms with E-state index in [0.29, 0.717) is 5.25 Å². The van der Waals surface area contributed by atoms with Crippen LogP contribution in [0.25, 0.3) is 0 Å². The van der Waals surface area contributed by atoms with E-state index >= 15 is 0 Å². The highest BCUT2D eigenvalue weighted by molar-refractivity contribution is 7.98. The molecule has 3 heteroatoms. The standard InChI is InChI=1S/C18H22ClNS/c1-3-17(20)18(15-8-4-13(2)5-9-15)21-12-14-6-10-16(19)11-7-14/h4-11,17-18H,3,12,20H2,1-2H3. The molecule has 2 rings (SSSR count). The van der Waals surface area contributed by atoms with Gasteiger partial charge in [0.05, 0.1) is 0 Å². The predicted molar refractivity (Wildman–Crippen MR) is 94.9 cm³/mol. The largest absolute Gasteiger partial charge is 0.326 e. The summed E-state index contributed by atoms with van der Waals surface area (Å²) in [7, 11) is 0. The van der Waals surface area contributed by atoms with Crippen LogP contribution in [0.5, 0.6) is 0 Å². The lowest BCUT2D eigenvalue weighted by Gasteiger charge is -2.23. The molecule has 112 valence electrons. The first-order valence-corrected chi connectivity index (χ1v) is 8.71. The Bertz CT molecular complexity index is 550. The molecule has 0 bridgehead atoms. The van der Waals surface area contributed by atoms with Crippen LogP contribution in [-0.2, 0) is 5.75 Å². The summed E-state index contributed by atoms with van der Waals surface area (Å²) in [5.41, 5.74) is 10.2. The number of thioether (sulfide) groups is 1. The molecule has 0 heterocycles. The highest BCUT2D eigenvalue weighted by Gasteiger charge is 2.19. The first kappa shape index (κ1) is 16.4. The zero-order valence-electron chi connectivity index (χ0n) is 12.6. The molecule has 0 saturated carbocycles. The van der Waals surface area contributed by atoms with Crippen molar-refractivity contribution in [1.82, 2.24) is 0 Å². The van der Waals surface area contributed by atoms with Crippen LogP contribution in [-0.4, -0.2) is 6.04 Å². The van der Waals surface area contributed by atoms with Gasteiger partial charge in [0, 0.05) is 22.1 Å². The molecule has 2 aromatic carbocycles. The monoisotopic (exact) mass is 319 g/mol. The second-order valence-corrected chi connectivity index (χ2v) is 6.91. The van der Waals surface area contributed by atoms with Gasteiger partial charge in [0.1, 0.15) is 0 Å². The Morgan fingerprint density at radius 1 is 1.05 bits per heavy atom. The van der Waals surface area contributed by atoms with Crippen LogP contribution in [0.2, 0.25) is 5.02 Å². The summed E-state index contributed by atoms with van der Waals surface area (Å²) in [6.45, 7) is 4.26. The Hall–Kier alpha value is -0.960. The van der Waals surface area contributed by atoms with Crippen molar-refractivity contribution in [2.45, 2.75) is 37.3 Å². The Balaban J connectivity index is 2.09. The zero-order chi connectivity index (χ0) is 15.2. The molecular weight excluding hydrogens is 298 g/mol. The van der Waals surface area contributed by atoms with E-state index in [1.807, 2.05) is 23.9 Å². The maximum atomic E-state index is 6.33. The van der Waals surface area contributed by atoms with Gasteiger partial charge in [0.2, 0.25) is 0 Å². The van der Waals surface area contributed by atoms with Crippen molar-refractivity contribution in [3.63, 3.8) is 0 Å². The van der Waals surface area contributed by atoms with E-state index in [0.717, 1.165) is 17.2 Å². The summed E-state index contributed by atoms with van der Waals surface area (Å²) in [4.78, 5) is 0. The van der Waals surface area contributed by atoms with Crippen LogP contribution in [0, 0.1) is 6.92 Å². The first-order chi connectivity index (χ1) is 10.1. The topological polar surface area (TPSA) is 26.0 Å². The van der Waals surface area contributed by atoms with E-state index in [-0.39, 0.29) is 6.04 Å². The molecule has 2 N–H and O–H groups in total. The minimum absolute atomic E-state index is 0.171. The third-order valence-electron chi connectivity index (χ3n) is 3.61. The van der Waals surface area contributed by atoms with Crippen molar-refractivity contribution in [3.05, 3.63) is 70.2 Å². The Morgan fingerprint density at radius 3 is 2.24 bits per heavy atom. The Morgan fingerprint density at radius 2 is 1.67 bits per heavy atom. The smallest absolute Gasteiger partial charge is 0.0451 e. The Kier molecular flexibility index (Phi) is 6.16. The molecule has 0 fully saturated rings. The molecule has 2 atom stereocenters. The van der Waals surface area contributed by atoms with E-state index in [4.69, 9.17) is 17.3 Å². The van der Waals surface area contributed by atoms with Gasteiger partial charge in [-0.25, -0.2) is 0 Å².